The molecule has 2 aromatic rings. The van der Waals surface area contributed by atoms with Gasteiger partial charge in [0.1, 0.15) is 12.2 Å². The highest BCUT2D eigenvalue weighted by atomic mass is 32.2. The summed E-state index contributed by atoms with van der Waals surface area (Å²) in [5, 5.41) is 33.8. The van der Waals surface area contributed by atoms with Gasteiger partial charge in [0.15, 0.2) is 17.4 Å². The van der Waals surface area contributed by atoms with Crippen molar-refractivity contribution >= 4 is 29.0 Å². The normalized spacial score (nSPS) is 36.2. The molecule has 6 rings (SSSR count). The van der Waals surface area contributed by atoms with E-state index in [2.05, 4.69) is 6.92 Å². The van der Waals surface area contributed by atoms with E-state index >= 15 is 0 Å². The second-order valence-electron chi connectivity index (χ2n) is 13.4. The predicted octanol–water partition coefficient (Wildman–Crippen LogP) is 5.18. The first-order chi connectivity index (χ1) is 20.3. The van der Waals surface area contributed by atoms with E-state index in [1.807, 2.05) is 49.4 Å². The molecule has 0 amide bonds. The van der Waals surface area contributed by atoms with Crippen molar-refractivity contribution < 1.29 is 29.6 Å². The zero-order valence-corrected chi connectivity index (χ0v) is 25.8. The van der Waals surface area contributed by atoms with E-state index in [4.69, 9.17) is 10.5 Å². The molecule has 4 aliphatic rings. The molecule has 0 spiro atoms. The summed E-state index contributed by atoms with van der Waals surface area (Å²) in [5.74, 6) is -2.26. The van der Waals surface area contributed by atoms with Crippen LogP contribution in [-0.2, 0) is 20.1 Å². The zero-order chi connectivity index (χ0) is 30.8. The molecule has 2 unspecified atom stereocenters. The molecule has 228 valence electrons. The molecule has 0 aromatic heterocycles. The van der Waals surface area contributed by atoms with Crippen LogP contribution in [0.15, 0.2) is 82.1 Å². The first kappa shape index (κ1) is 30.3. The summed E-state index contributed by atoms with van der Waals surface area (Å²) in [6.45, 7) is 4.94. The molecule has 3 saturated carbocycles. The number of rotatable bonds is 7. The third-order valence-electron chi connectivity index (χ3n) is 11.1. The summed E-state index contributed by atoms with van der Waals surface area (Å²) in [6.07, 6.45) is 7.43. The summed E-state index contributed by atoms with van der Waals surface area (Å²) in [6, 6.07) is 15.0. The number of ether oxygens (including phenoxy) is 1. The molecule has 0 saturated heterocycles. The van der Waals surface area contributed by atoms with Crippen LogP contribution in [0, 0.1) is 28.6 Å². The number of carbonyl (C=O) groups excluding carboxylic acids is 2. The van der Waals surface area contributed by atoms with Gasteiger partial charge in [-0.25, -0.2) is 0 Å². The minimum atomic E-state index is -1.82. The van der Waals surface area contributed by atoms with Crippen molar-refractivity contribution in [3.8, 4) is 0 Å². The first-order valence-corrected chi connectivity index (χ1v) is 16.0. The molecule has 5 N–H and O–H groups in total. The van der Waals surface area contributed by atoms with Crippen molar-refractivity contribution in [3.05, 3.63) is 77.9 Å². The number of nitrogen functional groups attached to an aromatic ring is 1. The summed E-state index contributed by atoms with van der Waals surface area (Å²) in [7, 11) is 0. The number of fused-ring (bicyclic) bond motifs is 5. The van der Waals surface area contributed by atoms with E-state index in [1.165, 1.54) is 0 Å². The van der Waals surface area contributed by atoms with Crippen LogP contribution in [-0.4, -0.2) is 45.2 Å². The zero-order valence-electron chi connectivity index (χ0n) is 25.0. The molecule has 0 heterocycles. The van der Waals surface area contributed by atoms with Crippen LogP contribution in [0.1, 0.15) is 58.4 Å². The van der Waals surface area contributed by atoms with Crippen LogP contribution < -0.4 is 5.73 Å². The van der Waals surface area contributed by atoms with Gasteiger partial charge in [-0.2, -0.15) is 0 Å². The fraction of sp³-hybridized carbons (Fsp3) is 0.486. The van der Waals surface area contributed by atoms with E-state index in [9.17, 15) is 24.9 Å². The molecule has 43 heavy (non-hydrogen) atoms. The largest absolute Gasteiger partial charge is 0.399 e. The quantitative estimate of drug-likeness (QED) is 0.252. The SMILES string of the molecule is C[C@]12C=CC(=O)C=C1CC[C@@H]1C2[C@@H](O)C[C@@]2(C)C1CC[C@]2(O[C@@](C)(O)c1ccc(Sc2ccc(N)cc2)cc1)C(=O)CO. The van der Waals surface area contributed by atoms with Gasteiger partial charge in [-0.1, -0.05) is 49.4 Å². The van der Waals surface area contributed by atoms with E-state index < -0.39 is 40.7 Å². The first-order valence-electron chi connectivity index (χ1n) is 15.2. The molecule has 0 aliphatic heterocycles. The van der Waals surface area contributed by atoms with Crippen molar-refractivity contribution in [2.24, 2.45) is 28.6 Å². The lowest BCUT2D eigenvalue weighted by Crippen LogP contribution is -2.64. The van der Waals surface area contributed by atoms with Gasteiger partial charge >= 0.3 is 0 Å². The Hall–Kier alpha value is -2.75. The molecule has 8 heteroatoms. The molecular weight excluding hydrogens is 562 g/mol. The van der Waals surface area contributed by atoms with E-state index in [0.29, 0.717) is 30.5 Å². The molecular formula is C35H41NO6S. The number of anilines is 1. The minimum Gasteiger partial charge on any atom is -0.399 e. The highest BCUT2D eigenvalue weighted by Gasteiger charge is 2.70. The van der Waals surface area contributed by atoms with E-state index in [-0.39, 0.29) is 23.5 Å². The topological polar surface area (TPSA) is 130 Å². The summed E-state index contributed by atoms with van der Waals surface area (Å²) >= 11 is 1.57. The molecule has 8 atom stereocenters. The Morgan fingerprint density at radius 2 is 1.74 bits per heavy atom. The predicted molar refractivity (Wildman–Crippen MR) is 165 cm³/mol. The molecule has 2 aromatic carbocycles. The maximum atomic E-state index is 13.7. The van der Waals surface area contributed by atoms with Gasteiger partial charge in [-0.3, -0.25) is 9.59 Å². The number of hydrogen-bond donors (Lipinski definition) is 4. The Balaban J connectivity index is 1.29. The average molecular weight is 604 g/mol. The third-order valence-corrected chi connectivity index (χ3v) is 12.1. The molecule has 0 radical (unpaired) electrons. The lowest BCUT2D eigenvalue weighted by Gasteiger charge is -2.60. The molecule has 3 fully saturated rings. The fourth-order valence-corrected chi connectivity index (χ4v) is 9.84. The smallest absolute Gasteiger partial charge is 0.190 e. The Morgan fingerprint density at radius 1 is 1.09 bits per heavy atom. The van der Waals surface area contributed by atoms with Crippen LogP contribution >= 0.6 is 11.8 Å². The number of hydrogen-bond acceptors (Lipinski definition) is 8. The number of allylic oxidation sites excluding steroid dienone is 4. The fourth-order valence-electron chi connectivity index (χ4n) is 9.03. The van der Waals surface area contributed by atoms with E-state index in [0.717, 1.165) is 28.2 Å². The number of aliphatic hydroxyl groups excluding tert-OH is 2. The highest BCUT2D eigenvalue weighted by Crippen LogP contribution is 2.68. The monoisotopic (exact) mass is 603 g/mol. The van der Waals surface area contributed by atoms with Crippen LogP contribution in [0.25, 0.3) is 0 Å². The van der Waals surface area contributed by atoms with Gasteiger partial charge in [-0.15, -0.1) is 0 Å². The number of carbonyl (C=O) groups is 2. The van der Waals surface area contributed by atoms with E-state index in [1.54, 1.807) is 43.0 Å². The summed E-state index contributed by atoms with van der Waals surface area (Å²) in [4.78, 5) is 27.9. The van der Waals surface area contributed by atoms with Crippen LogP contribution in [0.5, 0.6) is 0 Å². The highest BCUT2D eigenvalue weighted by molar-refractivity contribution is 7.99. The molecule has 0 bridgehead atoms. The standard InChI is InChI=1S/C35H41NO6S/c1-32-16-14-24(38)18-22(32)6-13-27-28-15-17-35(30(40)20-37,33(28,2)19-29(39)31(27)32)42-34(3,41)21-4-9-25(10-5-21)43-26-11-7-23(36)8-12-26/h4-5,7-12,14,16,18,27-29,31,37,39,41H,6,13,15,17,19-20,36H2,1-3H3/t27-,28?,29-,31?,32-,33-,34+,35-/m0/s1. The number of ketones is 2. The van der Waals surface area contributed by atoms with Crippen molar-refractivity contribution in [2.75, 3.05) is 12.3 Å². The lowest BCUT2D eigenvalue weighted by atomic mass is 9.46. The maximum absolute atomic E-state index is 13.7. The Labute approximate surface area is 257 Å². The third kappa shape index (κ3) is 4.82. The van der Waals surface area contributed by atoms with Crippen molar-refractivity contribution in [3.63, 3.8) is 0 Å². The van der Waals surface area contributed by atoms with Gasteiger partial charge in [-0.05, 0) is 99.4 Å². The van der Waals surface area contributed by atoms with Crippen molar-refractivity contribution in [2.45, 2.75) is 80.2 Å². The van der Waals surface area contributed by atoms with Crippen molar-refractivity contribution in [1.29, 1.82) is 0 Å². The van der Waals surface area contributed by atoms with Gasteiger partial charge in [0, 0.05) is 37.8 Å². The van der Waals surface area contributed by atoms with Crippen LogP contribution in [0.3, 0.4) is 0 Å². The Kier molecular flexibility index (Phi) is 7.54. The minimum absolute atomic E-state index is 0.0120. The second kappa shape index (κ2) is 10.7. The number of Topliss-reactive ketones (excluding diaryl/α,β-unsaturated/α-hetero) is 1. The van der Waals surface area contributed by atoms with Gasteiger partial charge in [0.2, 0.25) is 0 Å². The average Bonchev–Trinajstić information content (AvgIpc) is 3.25. The number of aliphatic hydroxyl groups is 3. The summed E-state index contributed by atoms with van der Waals surface area (Å²) < 4.78 is 6.59. The number of nitrogens with two attached hydrogens (primary N) is 1. The second-order valence-corrected chi connectivity index (χ2v) is 14.6. The van der Waals surface area contributed by atoms with Crippen molar-refractivity contribution in [1.82, 2.24) is 0 Å². The molecule has 4 aliphatic carbocycles. The van der Waals surface area contributed by atoms with Gasteiger partial charge in [0.25, 0.3) is 0 Å². The number of benzene rings is 2. The Morgan fingerprint density at radius 3 is 2.40 bits per heavy atom. The summed E-state index contributed by atoms with van der Waals surface area (Å²) in [5.41, 5.74) is 5.35. The molecule has 7 nitrogen and oxygen atoms in total. The maximum Gasteiger partial charge on any atom is 0.190 e. The Bertz CT molecular complexity index is 1480. The van der Waals surface area contributed by atoms with Crippen LogP contribution in [0.4, 0.5) is 5.69 Å². The lowest BCUT2D eigenvalue weighted by molar-refractivity contribution is -0.292. The van der Waals surface area contributed by atoms with Gasteiger partial charge in [0.05, 0.1) is 6.10 Å². The van der Waals surface area contributed by atoms with Gasteiger partial charge < -0.3 is 25.8 Å². The van der Waals surface area contributed by atoms with Crippen LogP contribution in [0.2, 0.25) is 0 Å².